The van der Waals surface area contributed by atoms with Crippen molar-refractivity contribution in [2.75, 3.05) is 18.4 Å². The minimum Gasteiger partial charge on any atom is -0.508 e. The first-order chi connectivity index (χ1) is 14.7. The Hall–Kier alpha value is -3.45. The summed E-state index contributed by atoms with van der Waals surface area (Å²) in [5, 5.41) is 13.0. The average Bonchev–Trinajstić information content (AvgIpc) is 3.44. The van der Waals surface area contributed by atoms with Crippen molar-refractivity contribution in [3.05, 3.63) is 66.5 Å². The van der Waals surface area contributed by atoms with Crippen LogP contribution in [-0.4, -0.2) is 39.0 Å². The molecular formula is C23H20N4O2S. The Labute approximate surface area is 177 Å². The number of hydrogen-bond donors (Lipinski definition) is 2. The van der Waals surface area contributed by atoms with Crippen molar-refractivity contribution in [1.29, 1.82) is 0 Å². The normalized spacial score (nSPS) is 13.7. The highest BCUT2D eigenvalue weighted by Gasteiger charge is 2.20. The minimum atomic E-state index is 0.0986. The van der Waals surface area contributed by atoms with Gasteiger partial charge in [-0.15, -0.1) is 11.3 Å². The number of nitrogens with one attached hydrogen (secondary N) is 1. The molecule has 7 heteroatoms. The smallest absolute Gasteiger partial charge is 0.253 e. The number of benzene rings is 2. The van der Waals surface area contributed by atoms with Gasteiger partial charge in [0.15, 0.2) is 5.82 Å². The highest BCUT2D eigenvalue weighted by Crippen LogP contribution is 2.37. The Morgan fingerprint density at radius 2 is 1.87 bits per heavy atom. The zero-order chi connectivity index (χ0) is 20.5. The second kappa shape index (κ2) is 7.76. The molecule has 0 atom stereocenters. The third-order valence-corrected chi connectivity index (χ3v) is 6.39. The van der Waals surface area contributed by atoms with Crippen molar-refractivity contribution in [2.24, 2.45) is 0 Å². The third-order valence-electron chi connectivity index (χ3n) is 5.21. The van der Waals surface area contributed by atoms with Crippen LogP contribution in [0.5, 0.6) is 5.75 Å². The van der Waals surface area contributed by atoms with Crippen LogP contribution in [0.3, 0.4) is 0 Å². The number of phenolic OH excluding ortho intramolecular Hbond substituents is 1. The van der Waals surface area contributed by atoms with Gasteiger partial charge in [-0.05, 0) is 48.7 Å². The van der Waals surface area contributed by atoms with Gasteiger partial charge in [-0.3, -0.25) is 4.79 Å². The van der Waals surface area contributed by atoms with Crippen LogP contribution in [0.1, 0.15) is 23.2 Å². The molecule has 1 amide bonds. The molecule has 1 saturated heterocycles. The van der Waals surface area contributed by atoms with Gasteiger partial charge in [0.25, 0.3) is 5.91 Å². The van der Waals surface area contributed by atoms with Crippen molar-refractivity contribution in [3.8, 4) is 16.2 Å². The number of phenols is 1. The monoisotopic (exact) mass is 416 g/mol. The number of thiophene rings is 1. The van der Waals surface area contributed by atoms with Crippen LogP contribution in [0, 0.1) is 0 Å². The second-order valence-electron chi connectivity index (χ2n) is 7.30. The van der Waals surface area contributed by atoms with Crippen LogP contribution in [0.25, 0.3) is 20.7 Å². The molecule has 1 fully saturated rings. The fourth-order valence-electron chi connectivity index (χ4n) is 3.71. The first-order valence-corrected chi connectivity index (χ1v) is 10.7. The van der Waals surface area contributed by atoms with Crippen LogP contribution >= 0.6 is 11.3 Å². The maximum absolute atomic E-state index is 12.8. The summed E-state index contributed by atoms with van der Waals surface area (Å²) >= 11 is 1.58. The summed E-state index contributed by atoms with van der Waals surface area (Å²) in [5.74, 6) is 0.976. The summed E-state index contributed by atoms with van der Waals surface area (Å²) in [7, 11) is 0. The number of carbonyl (C=O) groups excluding carboxylic acids is 1. The van der Waals surface area contributed by atoms with Crippen molar-refractivity contribution in [3.63, 3.8) is 0 Å². The fourth-order valence-corrected chi connectivity index (χ4v) is 4.77. The molecule has 0 radical (unpaired) electrons. The van der Waals surface area contributed by atoms with Gasteiger partial charge in [-0.25, -0.2) is 9.97 Å². The van der Waals surface area contributed by atoms with Crippen LogP contribution in [0.4, 0.5) is 11.5 Å². The molecular weight excluding hydrogens is 396 g/mol. The summed E-state index contributed by atoms with van der Waals surface area (Å²) in [6, 6.07) is 16.7. The maximum Gasteiger partial charge on any atom is 0.253 e. The van der Waals surface area contributed by atoms with Gasteiger partial charge >= 0.3 is 0 Å². The molecule has 0 saturated carbocycles. The molecule has 3 heterocycles. The predicted molar refractivity (Wildman–Crippen MR) is 119 cm³/mol. The van der Waals surface area contributed by atoms with E-state index in [9.17, 15) is 9.90 Å². The summed E-state index contributed by atoms with van der Waals surface area (Å²) in [6.07, 6.45) is 3.68. The topological polar surface area (TPSA) is 78.3 Å². The molecule has 1 aliphatic heterocycles. The lowest BCUT2D eigenvalue weighted by Gasteiger charge is -2.15. The largest absolute Gasteiger partial charge is 0.508 e. The summed E-state index contributed by atoms with van der Waals surface area (Å²) in [4.78, 5) is 24.5. The second-order valence-corrected chi connectivity index (χ2v) is 8.35. The molecule has 2 aromatic carbocycles. The lowest BCUT2D eigenvalue weighted by Crippen LogP contribution is -2.27. The Morgan fingerprint density at radius 3 is 2.70 bits per heavy atom. The van der Waals surface area contributed by atoms with Crippen LogP contribution in [0.15, 0.2) is 60.9 Å². The molecule has 30 heavy (non-hydrogen) atoms. The summed E-state index contributed by atoms with van der Waals surface area (Å²) < 4.78 is 0.923. The Kier molecular flexibility index (Phi) is 4.80. The predicted octanol–water partition coefficient (Wildman–Crippen LogP) is 5.04. The molecule has 2 aromatic heterocycles. The summed E-state index contributed by atoms with van der Waals surface area (Å²) in [5.41, 5.74) is 3.30. The fraction of sp³-hybridized carbons (Fsp3) is 0.174. The number of amides is 1. The van der Waals surface area contributed by atoms with E-state index >= 15 is 0 Å². The Morgan fingerprint density at radius 1 is 1.03 bits per heavy atom. The van der Waals surface area contributed by atoms with E-state index in [0.29, 0.717) is 5.82 Å². The molecule has 150 valence electrons. The molecule has 0 aliphatic carbocycles. The van der Waals surface area contributed by atoms with E-state index in [2.05, 4.69) is 15.3 Å². The van der Waals surface area contributed by atoms with E-state index in [4.69, 9.17) is 0 Å². The van der Waals surface area contributed by atoms with Crippen LogP contribution < -0.4 is 5.32 Å². The lowest BCUT2D eigenvalue weighted by molar-refractivity contribution is 0.0793. The number of rotatable bonds is 4. The molecule has 1 aliphatic rings. The minimum absolute atomic E-state index is 0.0986. The SMILES string of the molecule is O=C(c1cccc(-c2cc3ncnc(Nc4cccc(O)c4)c3s2)c1)N1CCCC1. The molecule has 0 bridgehead atoms. The molecule has 5 rings (SSSR count). The zero-order valence-corrected chi connectivity index (χ0v) is 17.0. The molecule has 2 N–H and O–H groups in total. The van der Waals surface area contributed by atoms with Gasteiger partial charge in [0, 0.05) is 35.3 Å². The molecule has 0 unspecified atom stereocenters. The standard InChI is InChI=1S/C23H20N4O2S/c28-18-8-4-7-17(12-18)26-22-21-19(24-14-25-22)13-20(30-21)15-5-3-6-16(11-15)23(29)27-9-1-2-10-27/h3-8,11-14,28H,1-2,9-10H2,(H,24,25,26). The number of nitrogens with zero attached hydrogens (tertiary/aromatic N) is 3. The van der Waals surface area contributed by atoms with E-state index in [1.165, 1.54) is 6.33 Å². The van der Waals surface area contributed by atoms with Gasteiger partial charge in [0.05, 0.1) is 10.2 Å². The Bertz CT molecular complexity index is 1230. The number of aromatic hydroxyl groups is 1. The number of anilines is 2. The third kappa shape index (κ3) is 3.59. The number of fused-ring (bicyclic) bond motifs is 1. The Balaban J connectivity index is 1.48. The van der Waals surface area contributed by atoms with Crippen LogP contribution in [-0.2, 0) is 0 Å². The van der Waals surface area contributed by atoms with Crippen molar-refractivity contribution < 1.29 is 9.90 Å². The van der Waals surface area contributed by atoms with E-state index in [1.54, 1.807) is 29.5 Å². The zero-order valence-electron chi connectivity index (χ0n) is 16.2. The highest BCUT2D eigenvalue weighted by molar-refractivity contribution is 7.22. The number of hydrogen-bond acceptors (Lipinski definition) is 6. The van der Waals surface area contributed by atoms with Gasteiger partial charge in [-0.1, -0.05) is 18.2 Å². The van der Waals surface area contributed by atoms with Crippen LogP contribution in [0.2, 0.25) is 0 Å². The average molecular weight is 417 g/mol. The number of aromatic nitrogens is 2. The molecule has 4 aromatic rings. The molecule has 0 spiro atoms. The molecule has 6 nitrogen and oxygen atoms in total. The van der Waals surface area contributed by atoms with Crippen molar-refractivity contribution in [1.82, 2.24) is 14.9 Å². The van der Waals surface area contributed by atoms with E-state index in [-0.39, 0.29) is 11.7 Å². The summed E-state index contributed by atoms with van der Waals surface area (Å²) in [6.45, 7) is 1.68. The van der Waals surface area contributed by atoms with Gasteiger partial charge in [0.2, 0.25) is 0 Å². The maximum atomic E-state index is 12.8. The first kappa shape index (κ1) is 18.6. The van der Waals surface area contributed by atoms with E-state index < -0.39 is 0 Å². The van der Waals surface area contributed by atoms with Crippen molar-refractivity contribution in [2.45, 2.75) is 12.8 Å². The first-order valence-electron chi connectivity index (χ1n) is 9.88. The van der Waals surface area contributed by atoms with Gasteiger partial charge in [-0.2, -0.15) is 0 Å². The lowest BCUT2D eigenvalue weighted by atomic mass is 10.1. The van der Waals surface area contributed by atoms with E-state index in [0.717, 1.165) is 57.8 Å². The van der Waals surface area contributed by atoms with Gasteiger partial charge < -0.3 is 15.3 Å². The quantitative estimate of drug-likeness (QED) is 0.487. The highest BCUT2D eigenvalue weighted by atomic mass is 32.1. The number of likely N-dealkylation sites (tertiary alicyclic amines) is 1. The van der Waals surface area contributed by atoms with E-state index in [1.807, 2.05) is 41.3 Å². The van der Waals surface area contributed by atoms with Crippen molar-refractivity contribution >= 4 is 39.0 Å². The number of carbonyl (C=O) groups is 1. The van der Waals surface area contributed by atoms with Gasteiger partial charge in [0.1, 0.15) is 12.1 Å².